The highest BCUT2D eigenvalue weighted by Gasteiger charge is 2.18. The minimum Gasteiger partial charge on any atom is -0.444 e. The highest BCUT2D eigenvalue weighted by molar-refractivity contribution is 9.10. The number of rotatable bonds is 5. The summed E-state index contributed by atoms with van der Waals surface area (Å²) >= 11 is 3.00. The van der Waals surface area contributed by atoms with Crippen LogP contribution in [0, 0.1) is 5.82 Å². The smallest absolute Gasteiger partial charge is 0.407 e. The van der Waals surface area contributed by atoms with E-state index in [0.717, 1.165) is 21.6 Å². The van der Waals surface area contributed by atoms with Crippen LogP contribution in [0.4, 0.5) is 18.0 Å². The van der Waals surface area contributed by atoms with Gasteiger partial charge < -0.3 is 10.1 Å². The fourth-order valence-electron chi connectivity index (χ4n) is 2.11. The van der Waals surface area contributed by atoms with Gasteiger partial charge in [0.2, 0.25) is 0 Å². The van der Waals surface area contributed by atoms with Crippen molar-refractivity contribution in [1.82, 2.24) is 19.7 Å². The molecule has 0 saturated heterocycles. The molecule has 1 N–H and O–H groups in total. The Morgan fingerprint density at radius 3 is 2.57 bits per heavy atom. The molecule has 152 valence electrons. The molecule has 0 bridgehead atoms. The van der Waals surface area contributed by atoms with Crippen molar-refractivity contribution in [2.45, 2.75) is 32.9 Å². The van der Waals surface area contributed by atoms with Gasteiger partial charge in [-0.25, -0.2) is 23.2 Å². The van der Waals surface area contributed by atoms with E-state index in [1.54, 1.807) is 20.8 Å². The van der Waals surface area contributed by atoms with Crippen molar-refractivity contribution < 1.29 is 22.7 Å². The van der Waals surface area contributed by atoms with Crippen molar-refractivity contribution >= 4 is 22.0 Å². The van der Waals surface area contributed by atoms with Gasteiger partial charge in [0.1, 0.15) is 17.7 Å². The van der Waals surface area contributed by atoms with Crippen LogP contribution in [0.3, 0.4) is 0 Å². The normalized spacial score (nSPS) is 11.2. The Morgan fingerprint density at radius 1 is 1.32 bits per heavy atom. The topological polar surface area (TPSA) is 78.2 Å². The minimum absolute atomic E-state index is 0.190. The van der Waals surface area contributed by atoms with E-state index >= 15 is 0 Å². The molecule has 7 nitrogen and oxygen atoms in total. The van der Waals surface area contributed by atoms with Crippen LogP contribution in [0.25, 0.3) is 5.69 Å². The first-order valence-electron chi connectivity index (χ1n) is 8.07. The molecule has 0 spiro atoms. The van der Waals surface area contributed by atoms with Crippen LogP contribution in [-0.2, 0) is 11.3 Å². The zero-order chi connectivity index (χ0) is 21.1. The number of ether oxygens (including phenoxy) is 1. The Labute approximate surface area is 166 Å². The highest BCUT2D eigenvalue weighted by atomic mass is 79.9. The number of benzene rings is 1. The molecule has 0 fully saturated rings. The van der Waals surface area contributed by atoms with Gasteiger partial charge in [0.15, 0.2) is 0 Å². The number of carbonyl (C=O) groups is 1. The zero-order valence-corrected chi connectivity index (χ0v) is 16.9. The van der Waals surface area contributed by atoms with Gasteiger partial charge in [0, 0.05) is 12.1 Å². The maximum Gasteiger partial charge on any atom is 0.407 e. The molecule has 1 aromatic carbocycles. The van der Waals surface area contributed by atoms with Crippen molar-refractivity contribution in [2.24, 2.45) is 0 Å². The van der Waals surface area contributed by atoms with Crippen LogP contribution in [0.1, 0.15) is 20.8 Å². The molecule has 11 heteroatoms. The van der Waals surface area contributed by atoms with Crippen molar-refractivity contribution in [2.75, 3.05) is 6.54 Å². The highest BCUT2D eigenvalue weighted by Crippen LogP contribution is 2.18. The van der Waals surface area contributed by atoms with Crippen molar-refractivity contribution in [1.29, 1.82) is 0 Å². The van der Waals surface area contributed by atoms with Crippen LogP contribution < -0.4 is 11.0 Å². The third-order valence-corrected chi connectivity index (χ3v) is 4.01. The summed E-state index contributed by atoms with van der Waals surface area (Å²) in [5, 5.41) is 5.98. The second-order valence-electron chi connectivity index (χ2n) is 6.76. The summed E-state index contributed by atoms with van der Waals surface area (Å²) in [7, 11) is 0. The summed E-state index contributed by atoms with van der Waals surface area (Å²) in [4.78, 5) is 24.0. The number of halogens is 4. The molecule has 1 aromatic heterocycles. The summed E-state index contributed by atoms with van der Waals surface area (Å²) in [5.74, 6) is -0.589. The average Bonchev–Trinajstić information content (AvgIpc) is 2.93. The van der Waals surface area contributed by atoms with Gasteiger partial charge in [-0.15, -0.1) is 0 Å². The van der Waals surface area contributed by atoms with Crippen LogP contribution in [0.5, 0.6) is 0 Å². The Bertz CT molecular complexity index is 959. The molecule has 0 unspecified atom stereocenters. The van der Waals surface area contributed by atoms with Gasteiger partial charge in [0.25, 0.3) is 6.08 Å². The SMILES string of the molecule is CC(C)(C)OC(=O)NCC(Cn1ncn(-c2ccc(Br)c(F)c2)c1=O)=C(F)F. The lowest BCUT2D eigenvalue weighted by Gasteiger charge is -2.19. The molecule has 0 atom stereocenters. The summed E-state index contributed by atoms with van der Waals surface area (Å²) in [6.45, 7) is 3.83. The van der Waals surface area contributed by atoms with Crippen molar-refractivity contribution in [3.63, 3.8) is 0 Å². The molecule has 0 aliphatic rings. The van der Waals surface area contributed by atoms with E-state index in [9.17, 15) is 22.8 Å². The van der Waals surface area contributed by atoms with E-state index in [0.29, 0.717) is 0 Å². The third kappa shape index (κ3) is 5.72. The number of aromatic nitrogens is 3. The quantitative estimate of drug-likeness (QED) is 0.735. The summed E-state index contributed by atoms with van der Waals surface area (Å²) in [6.07, 6.45) is -1.82. The second-order valence-corrected chi connectivity index (χ2v) is 7.61. The number of hydrogen-bond donors (Lipinski definition) is 1. The van der Waals surface area contributed by atoms with Gasteiger partial charge in [-0.2, -0.15) is 13.9 Å². The first-order valence-corrected chi connectivity index (χ1v) is 8.87. The number of carbonyl (C=O) groups excluding carboxylic acids is 1. The van der Waals surface area contributed by atoms with Crippen molar-refractivity contribution in [3.05, 3.63) is 57.0 Å². The Kier molecular flexibility index (Phi) is 6.70. The largest absolute Gasteiger partial charge is 0.444 e. The Morgan fingerprint density at radius 2 is 2.00 bits per heavy atom. The lowest BCUT2D eigenvalue weighted by atomic mass is 10.2. The average molecular weight is 463 g/mol. The van der Waals surface area contributed by atoms with E-state index < -0.39 is 47.9 Å². The standard InChI is InChI=1S/C17H18BrF3N4O3/c1-17(2,3)28-15(26)22-7-10(14(20)21)8-25-16(27)24(9-23-25)11-4-5-12(18)13(19)6-11/h4-6,9H,7-8H2,1-3H3,(H,22,26). The van der Waals surface area contributed by atoms with Gasteiger partial charge in [-0.1, -0.05) is 0 Å². The lowest BCUT2D eigenvalue weighted by Crippen LogP contribution is -2.35. The van der Waals surface area contributed by atoms with Gasteiger partial charge in [-0.05, 0) is 54.9 Å². The third-order valence-electron chi connectivity index (χ3n) is 3.37. The van der Waals surface area contributed by atoms with Crippen molar-refractivity contribution in [3.8, 4) is 5.69 Å². The lowest BCUT2D eigenvalue weighted by molar-refractivity contribution is 0.0531. The summed E-state index contributed by atoms with van der Waals surface area (Å²) < 4.78 is 47.1. The first-order chi connectivity index (χ1) is 13.0. The molecule has 0 radical (unpaired) electrons. The number of nitrogens with zero attached hydrogens (tertiary/aromatic N) is 3. The molecule has 2 aromatic rings. The van der Waals surface area contributed by atoms with E-state index in [2.05, 4.69) is 26.3 Å². The van der Waals surface area contributed by atoms with Gasteiger partial charge in [0.05, 0.1) is 16.7 Å². The summed E-state index contributed by atoms with van der Waals surface area (Å²) in [5.41, 5.74) is -1.84. The maximum absolute atomic E-state index is 13.7. The molecule has 1 amide bonds. The monoisotopic (exact) mass is 462 g/mol. The zero-order valence-electron chi connectivity index (χ0n) is 15.3. The molecule has 28 heavy (non-hydrogen) atoms. The molecule has 2 rings (SSSR count). The van der Waals surface area contributed by atoms with Crippen LogP contribution in [-0.4, -0.2) is 32.6 Å². The maximum atomic E-state index is 13.7. The number of amides is 1. The van der Waals surface area contributed by atoms with E-state index in [-0.39, 0.29) is 10.2 Å². The number of hydrogen-bond acceptors (Lipinski definition) is 4. The fourth-order valence-corrected chi connectivity index (χ4v) is 2.36. The van der Waals surface area contributed by atoms with Crippen LogP contribution in [0.2, 0.25) is 0 Å². The predicted octanol–water partition coefficient (Wildman–Crippen LogP) is 3.61. The van der Waals surface area contributed by atoms with Crippen LogP contribution in [0.15, 0.2) is 45.4 Å². The molecular weight excluding hydrogens is 445 g/mol. The summed E-state index contributed by atoms with van der Waals surface area (Å²) in [6, 6.07) is 3.98. The Balaban J connectivity index is 2.16. The molecule has 1 heterocycles. The molecular formula is C17H18BrF3N4O3. The first kappa shape index (κ1) is 21.7. The van der Waals surface area contributed by atoms with Crippen LogP contribution >= 0.6 is 15.9 Å². The van der Waals surface area contributed by atoms with Gasteiger partial charge in [-0.3, -0.25) is 0 Å². The van der Waals surface area contributed by atoms with E-state index in [1.807, 2.05) is 0 Å². The fraction of sp³-hybridized carbons (Fsp3) is 0.353. The minimum atomic E-state index is -2.05. The second kappa shape index (κ2) is 8.63. The number of nitrogens with one attached hydrogen (secondary N) is 1. The predicted molar refractivity (Wildman–Crippen MR) is 99.0 cm³/mol. The van der Waals surface area contributed by atoms with E-state index in [4.69, 9.17) is 4.74 Å². The Hall–Kier alpha value is -2.56. The molecule has 0 aliphatic heterocycles. The number of alkyl carbamates (subject to hydrolysis) is 1. The van der Waals surface area contributed by atoms with E-state index in [1.165, 1.54) is 12.1 Å². The molecule has 0 aliphatic carbocycles. The van der Waals surface area contributed by atoms with Gasteiger partial charge >= 0.3 is 11.8 Å². The molecule has 0 saturated carbocycles.